The fourth-order valence-corrected chi connectivity index (χ4v) is 5.76. The van der Waals surface area contributed by atoms with Gasteiger partial charge >= 0.3 is 19.8 Å². The van der Waals surface area contributed by atoms with E-state index in [1.807, 2.05) is 12.2 Å². The minimum absolute atomic E-state index is 0.0323. The van der Waals surface area contributed by atoms with Gasteiger partial charge in [-0.3, -0.25) is 18.6 Å². The number of ether oxygens (including phenoxy) is 2. The maximum atomic E-state index is 12.8. The molecule has 0 heterocycles. The lowest BCUT2D eigenvalue weighted by Gasteiger charge is -2.20. The lowest BCUT2D eigenvalue weighted by atomic mass is 10.0. The molecule has 0 amide bonds. The van der Waals surface area contributed by atoms with Crippen LogP contribution in [0.3, 0.4) is 0 Å². The van der Waals surface area contributed by atoms with Crippen LogP contribution in [0.2, 0.25) is 0 Å². The molecular formula is C41H74NO8P. The summed E-state index contributed by atoms with van der Waals surface area (Å²) in [7, 11) is -4.97. The largest absolute Gasteiger partial charge is 0.491 e. The molecule has 51 heavy (non-hydrogen) atoms. The predicted octanol–water partition coefficient (Wildman–Crippen LogP) is 12.1. The van der Waals surface area contributed by atoms with Crippen LogP contribution in [0.5, 0.6) is 0 Å². The summed E-state index contributed by atoms with van der Waals surface area (Å²) in [5.74, 6) is 3.87. The van der Waals surface area contributed by atoms with Crippen LogP contribution in [0.25, 0.3) is 0 Å². The highest BCUT2D eigenvalue weighted by atomic mass is 31.2. The van der Waals surface area contributed by atoms with Crippen LogP contribution in [0.4, 0.5) is 0 Å². The highest BCUT2D eigenvalue weighted by Crippen LogP contribution is 2.47. The molecule has 9 nitrogen and oxygen atoms in total. The minimum Gasteiger partial charge on any atom is -0.462 e. The molecule has 0 rings (SSSR count). The molecule has 2 N–H and O–H groups in total. The molecule has 0 aliphatic heterocycles. The topological polar surface area (TPSA) is 123 Å². The summed E-state index contributed by atoms with van der Waals surface area (Å²) in [5, 5.41) is 0. The molecule has 0 saturated heterocycles. The molecular weight excluding hydrogens is 665 g/mol. The van der Waals surface area contributed by atoms with Gasteiger partial charge in [-0.05, 0) is 58.2 Å². The number of hydrogen-bond donors (Lipinski definition) is 1. The molecule has 0 aromatic rings. The zero-order valence-electron chi connectivity index (χ0n) is 36.9. The molecule has 0 aromatic heterocycles. The van der Waals surface area contributed by atoms with E-state index in [1.54, 1.807) is 0 Å². The monoisotopic (exact) mass is 745 g/mol. The van der Waals surface area contributed by atoms with Crippen LogP contribution in [0.1, 0.15) is 182 Å². The van der Waals surface area contributed by atoms with Crippen molar-refractivity contribution in [3.8, 4) is 0 Å². The van der Waals surface area contributed by atoms with Crippen molar-refractivity contribution in [1.29, 1.82) is 0 Å². The van der Waals surface area contributed by atoms with Crippen molar-refractivity contribution in [2.45, 2.75) is 181 Å². The molecule has 0 saturated carbocycles. The Bertz CT molecular complexity index is 1160. The van der Waals surface area contributed by atoms with E-state index in [2.05, 4.69) is 59.5 Å². The van der Waals surface area contributed by atoms with Gasteiger partial charge in [0.25, 0.3) is 0 Å². The van der Waals surface area contributed by atoms with Crippen molar-refractivity contribution in [3.63, 3.8) is 0 Å². The Hall–Kier alpha value is -2.03. The summed E-state index contributed by atoms with van der Waals surface area (Å²) >= 11 is 0. The van der Waals surface area contributed by atoms with Crippen LogP contribution >= 0.6 is 7.82 Å². The SMILES string of the molecule is [2H]C([2H])([2H])C([2H])([2H])OP(=O)(ON)OC[C@@H](COC(=O)CCCCCCCCCCCCCCC)OC(=O)CCC/C=C\C/C=C\C/C=C\C/C=C\CCCCC. The third kappa shape index (κ3) is 34.8. The van der Waals surface area contributed by atoms with Gasteiger partial charge in [-0.1, -0.05) is 152 Å². The Balaban J connectivity index is 4.73. The number of carbonyl (C=O) groups is 2. The molecule has 0 aliphatic rings. The molecule has 0 fully saturated rings. The van der Waals surface area contributed by atoms with E-state index in [-0.39, 0.29) is 12.8 Å². The number of nitrogens with two attached hydrogens (primary N) is 1. The average Bonchev–Trinajstić information content (AvgIpc) is 3.15. The fraction of sp³-hybridized carbons (Fsp3) is 0.756. The Morgan fingerprint density at radius 1 is 0.627 bits per heavy atom. The number of esters is 2. The van der Waals surface area contributed by atoms with Crippen molar-refractivity contribution in [2.24, 2.45) is 5.90 Å². The smallest absolute Gasteiger partial charge is 0.462 e. The Morgan fingerprint density at radius 3 is 1.63 bits per heavy atom. The lowest BCUT2D eigenvalue weighted by Crippen LogP contribution is -2.30. The molecule has 0 spiro atoms. The van der Waals surface area contributed by atoms with Gasteiger partial charge in [0, 0.05) is 17.0 Å². The van der Waals surface area contributed by atoms with Crippen molar-refractivity contribution in [1.82, 2.24) is 0 Å². The predicted molar refractivity (Wildman–Crippen MR) is 210 cm³/mol. The third-order valence-corrected chi connectivity index (χ3v) is 9.17. The van der Waals surface area contributed by atoms with Gasteiger partial charge in [0.05, 0.1) is 15.9 Å². The van der Waals surface area contributed by atoms with E-state index >= 15 is 0 Å². The number of unbranched alkanes of at least 4 members (excludes halogenated alkanes) is 16. The van der Waals surface area contributed by atoms with E-state index in [0.29, 0.717) is 19.3 Å². The first-order valence-electron chi connectivity index (χ1n) is 22.1. The number of hydrogen-bond acceptors (Lipinski definition) is 9. The third-order valence-electron chi connectivity index (χ3n) is 8.13. The van der Waals surface area contributed by atoms with Crippen LogP contribution in [-0.2, 0) is 37.3 Å². The van der Waals surface area contributed by atoms with E-state index in [4.69, 9.17) is 26.7 Å². The number of phosphoric ester groups is 1. The Labute approximate surface area is 318 Å². The summed E-state index contributed by atoms with van der Waals surface area (Å²) in [6.07, 6.45) is 39.7. The van der Waals surface area contributed by atoms with Crippen LogP contribution in [0, 0.1) is 0 Å². The van der Waals surface area contributed by atoms with Gasteiger partial charge in [0.1, 0.15) is 6.61 Å². The zero-order chi connectivity index (χ0) is 41.8. The second kappa shape index (κ2) is 37.7. The molecule has 296 valence electrons. The Morgan fingerprint density at radius 2 is 1.10 bits per heavy atom. The van der Waals surface area contributed by atoms with Crippen molar-refractivity contribution in [3.05, 3.63) is 48.6 Å². The van der Waals surface area contributed by atoms with E-state index in [1.165, 1.54) is 77.0 Å². The van der Waals surface area contributed by atoms with Crippen LogP contribution in [0.15, 0.2) is 48.6 Å². The zero-order valence-corrected chi connectivity index (χ0v) is 32.8. The first-order valence-corrected chi connectivity index (χ1v) is 21.0. The molecule has 2 atom stereocenters. The summed E-state index contributed by atoms with van der Waals surface area (Å²) in [6, 6.07) is 0. The van der Waals surface area contributed by atoms with Gasteiger partial charge in [-0.2, -0.15) is 0 Å². The number of rotatable bonds is 37. The maximum Gasteiger partial charge on any atom is 0.491 e. The Kier molecular flexibility index (Phi) is 29.7. The highest BCUT2D eigenvalue weighted by molar-refractivity contribution is 7.48. The highest BCUT2D eigenvalue weighted by Gasteiger charge is 2.28. The minimum atomic E-state index is -4.97. The quantitative estimate of drug-likeness (QED) is 0.0218. The number of allylic oxidation sites excluding steroid dienone is 8. The van der Waals surface area contributed by atoms with Crippen LogP contribution in [-0.4, -0.2) is 37.8 Å². The van der Waals surface area contributed by atoms with Crippen LogP contribution < -0.4 is 5.90 Å². The standard InChI is InChI=1S/C41H74NO8P/c1-4-7-9-11-13-15-17-19-20-21-22-24-26-28-30-32-34-36-41(44)49-39(38-48-51(45,50-42)47-6-3)37-46-40(43)35-33-31-29-27-25-23-18-16-14-12-10-8-5-2/h13,15,19-20,22,24,28,30,39H,4-12,14,16-18,21,23,25-27,29,31-38,42H2,1-3H3/b15-13-,20-19-,24-22-,30-28-/t39-,51?/m1/s1/i3D3,6D2. The van der Waals surface area contributed by atoms with Gasteiger partial charge in [-0.15, -0.1) is 0 Å². The van der Waals surface area contributed by atoms with Gasteiger partial charge < -0.3 is 9.47 Å². The first kappa shape index (κ1) is 40.2. The van der Waals surface area contributed by atoms with Gasteiger partial charge in [0.2, 0.25) is 0 Å². The molecule has 10 heteroatoms. The second-order valence-corrected chi connectivity index (χ2v) is 14.4. The maximum absolute atomic E-state index is 12.8. The summed E-state index contributed by atoms with van der Waals surface area (Å²) in [4.78, 5) is 25.1. The fourth-order valence-electron chi connectivity index (χ4n) is 5.14. The van der Waals surface area contributed by atoms with Crippen molar-refractivity contribution < 1.29 is 44.2 Å². The summed E-state index contributed by atoms with van der Waals surface area (Å²) in [6.45, 7) is -3.52. The first-order chi connectivity index (χ1) is 26.8. The van der Waals surface area contributed by atoms with Gasteiger partial charge in [0.15, 0.2) is 6.10 Å². The van der Waals surface area contributed by atoms with Gasteiger partial charge in [-0.25, -0.2) is 15.1 Å². The van der Waals surface area contributed by atoms with Crippen molar-refractivity contribution >= 4 is 19.8 Å². The number of phosphoric acid groups is 1. The summed E-state index contributed by atoms with van der Waals surface area (Å²) < 4.78 is 74.3. The van der Waals surface area contributed by atoms with Crippen molar-refractivity contribution in [2.75, 3.05) is 19.8 Å². The summed E-state index contributed by atoms with van der Waals surface area (Å²) in [5.41, 5.74) is 0. The van der Waals surface area contributed by atoms with E-state index in [0.717, 1.165) is 44.9 Å². The molecule has 0 aliphatic carbocycles. The normalized spacial score (nSPS) is 15.9. The lowest BCUT2D eigenvalue weighted by molar-refractivity contribution is -0.161. The molecule has 1 unspecified atom stereocenters. The molecule has 0 bridgehead atoms. The molecule has 0 radical (unpaired) electrons. The molecule has 0 aromatic carbocycles. The van der Waals surface area contributed by atoms with E-state index in [9.17, 15) is 14.2 Å². The van der Waals surface area contributed by atoms with E-state index < -0.39 is 52.5 Å². The second-order valence-electron chi connectivity index (χ2n) is 12.8. The number of carbonyl (C=O) groups excluding carboxylic acids is 2. The average molecular weight is 745 g/mol.